The maximum atomic E-state index is 14.2. The van der Waals surface area contributed by atoms with E-state index in [-0.39, 0.29) is 31.4 Å². The van der Waals surface area contributed by atoms with Crippen molar-refractivity contribution in [1.29, 1.82) is 0 Å². The van der Waals surface area contributed by atoms with Crippen molar-refractivity contribution in [3.8, 4) is 11.1 Å². The summed E-state index contributed by atoms with van der Waals surface area (Å²) in [7, 11) is 3.38. The SMILES string of the molecule is CN(C)C(=O)c1ccc(-c2c(CN3C(=O)C4(CN(C(=O)OC(C)(C)C)C4)c4ccccc43)ncc3ccccc23)cn1. The Balaban J connectivity index is 1.37. The van der Waals surface area contributed by atoms with Gasteiger partial charge in [-0.1, -0.05) is 48.5 Å². The molecule has 4 aromatic rings. The molecule has 0 radical (unpaired) electrons. The van der Waals surface area contributed by atoms with Crippen molar-refractivity contribution in [3.05, 3.63) is 90.0 Å². The fraction of sp³-hybridized carbons (Fsp3) is 0.303. The van der Waals surface area contributed by atoms with E-state index in [9.17, 15) is 14.4 Å². The zero-order chi connectivity index (χ0) is 29.8. The van der Waals surface area contributed by atoms with E-state index in [4.69, 9.17) is 9.72 Å². The highest BCUT2D eigenvalue weighted by Crippen LogP contribution is 2.48. The van der Waals surface area contributed by atoms with Gasteiger partial charge in [-0.2, -0.15) is 0 Å². The summed E-state index contributed by atoms with van der Waals surface area (Å²) in [6, 6.07) is 19.3. The average molecular weight is 564 g/mol. The van der Waals surface area contributed by atoms with Gasteiger partial charge in [0.15, 0.2) is 0 Å². The van der Waals surface area contributed by atoms with Crippen LogP contribution in [0.5, 0.6) is 0 Å². The largest absolute Gasteiger partial charge is 0.444 e. The zero-order valence-corrected chi connectivity index (χ0v) is 24.4. The van der Waals surface area contributed by atoms with Gasteiger partial charge in [0.05, 0.1) is 12.2 Å². The number of amides is 3. The number of nitrogens with zero attached hydrogens (tertiary/aromatic N) is 5. The van der Waals surface area contributed by atoms with E-state index in [2.05, 4.69) is 4.98 Å². The maximum Gasteiger partial charge on any atom is 0.410 e. The molecule has 4 heterocycles. The minimum absolute atomic E-state index is 0.0607. The summed E-state index contributed by atoms with van der Waals surface area (Å²) in [5.74, 6) is -0.238. The van der Waals surface area contributed by atoms with E-state index < -0.39 is 17.1 Å². The van der Waals surface area contributed by atoms with Gasteiger partial charge in [0.1, 0.15) is 16.7 Å². The van der Waals surface area contributed by atoms with E-state index in [0.717, 1.165) is 33.2 Å². The van der Waals surface area contributed by atoms with Crippen LogP contribution in [0, 0.1) is 0 Å². The summed E-state index contributed by atoms with van der Waals surface area (Å²) >= 11 is 0. The second-order valence-corrected chi connectivity index (χ2v) is 12.1. The van der Waals surface area contributed by atoms with Gasteiger partial charge in [-0.05, 0) is 43.9 Å². The molecule has 0 saturated carbocycles. The predicted molar refractivity (Wildman–Crippen MR) is 160 cm³/mol. The molecule has 1 spiro atoms. The molecule has 3 amide bonds. The predicted octanol–water partition coefficient (Wildman–Crippen LogP) is 5.03. The fourth-order valence-corrected chi connectivity index (χ4v) is 5.81. The first-order chi connectivity index (χ1) is 20.0. The highest BCUT2D eigenvalue weighted by Gasteiger charge is 2.59. The molecule has 2 aliphatic rings. The molecule has 6 rings (SSSR count). The van der Waals surface area contributed by atoms with Gasteiger partial charge in [-0.25, -0.2) is 4.79 Å². The van der Waals surface area contributed by atoms with E-state index in [0.29, 0.717) is 11.4 Å². The summed E-state index contributed by atoms with van der Waals surface area (Å²) in [5.41, 5.74) is 3.02. The van der Waals surface area contributed by atoms with Crippen molar-refractivity contribution in [3.63, 3.8) is 0 Å². The smallest absolute Gasteiger partial charge is 0.410 e. The van der Waals surface area contributed by atoms with Crippen molar-refractivity contribution in [2.75, 3.05) is 32.1 Å². The molecule has 0 unspecified atom stereocenters. The van der Waals surface area contributed by atoms with E-state index in [1.54, 1.807) is 36.2 Å². The third-order valence-electron chi connectivity index (χ3n) is 7.80. The van der Waals surface area contributed by atoms with Crippen LogP contribution < -0.4 is 4.90 Å². The van der Waals surface area contributed by atoms with Crippen LogP contribution in [0.4, 0.5) is 10.5 Å². The lowest BCUT2D eigenvalue weighted by Gasteiger charge is -2.46. The molecule has 1 fully saturated rings. The number of pyridine rings is 2. The lowest BCUT2D eigenvalue weighted by atomic mass is 9.75. The third-order valence-corrected chi connectivity index (χ3v) is 7.80. The van der Waals surface area contributed by atoms with Crippen LogP contribution in [0.15, 0.2) is 73.1 Å². The Morgan fingerprint density at radius 1 is 0.952 bits per heavy atom. The van der Waals surface area contributed by atoms with Crippen molar-refractivity contribution in [2.24, 2.45) is 0 Å². The number of benzene rings is 2. The number of carbonyl (C=O) groups is 3. The fourth-order valence-electron chi connectivity index (χ4n) is 5.81. The topological polar surface area (TPSA) is 95.9 Å². The average Bonchev–Trinajstić information content (AvgIpc) is 3.18. The number of carbonyl (C=O) groups excluding carboxylic acids is 3. The van der Waals surface area contributed by atoms with Gasteiger partial charge in [-0.15, -0.1) is 0 Å². The molecule has 9 heteroatoms. The van der Waals surface area contributed by atoms with Gasteiger partial charge >= 0.3 is 6.09 Å². The molecule has 2 aromatic carbocycles. The maximum absolute atomic E-state index is 14.2. The Morgan fingerprint density at radius 3 is 2.36 bits per heavy atom. The molecule has 2 aromatic heterocycles. The highest BCUT2D eigenvalue weighted by atomic mass is 16.6. The van der Waals surface area contributed by atoms with Crippen LogP contribution in [-0.2, 0) is 21.5 Å². The van der Waals surface area contributed by atoms with Crippen LogP contribution in [0.2, 0.25) is 0 Å². The molecule has 0 bridgehead atoms. The number of rotatable bonds is 4. The Hall–Kier alpha value is -4.79. The lowest BCUT2D eigenvalue weighted by Crippen LogP contribution is -2.65. The zero-order valence-electron chi connectivity index (χ0n) is 24.4. The standard InChI is InChI=1S/C33H33N5O4/c1-32(2,3)42-31(41)37-19-33(20-37)24-12-8-9-13-27(24)38(30(33)40)18-26-28(23-11-7-6-10-21(23)16-35-26)22-14-15-25(34-17-22)29(39)36(4)5/h6-17H,18-20H2,1-5H3. The second kappa shape index (κ2) is 9.94. The quantitative estimate of drug-likeness (QED) is 0.346. The van der Waals surface area contributed by atoms with E-state index in [1.165, 1.54) is 4.90 Å². The molecule has 0 atom stereocenters. The number of anilines is 1. The number of hydrogen-bond acceptors (Lipinski definition) is 6. The molecule has 214 valence electrons. The van der Waals surface area contributed by atoms with Crippen molar-refractivity contribution >= 4 is 34.4 Å². The third kappa shape index (κ3) is 4.55. The van der Waals surface area contributed by atoms with Crippen LogP contribution in [-0.4, -0.2) is 70.5 Å². The Labute approximate surface area is 244 Å². The first-order valence-electron chi connectivity index (χ1n) is 13.9. The van der Waals surface area contributed by atoms with Gasteiger partial charge in [-0.3, -0.25) is 19.6 Å². The van der Waals surface area contributed by atoms with E-state index in [1.807, 2.05) is 81.6 Å². The number of aromatic nitrogens is 2. The normalized spacial score (nSPS) is 15.5. The first-order valence-corrected chi connectivity index (χ1v) is 13.9. The lowest BCUT2D eigenvalue weighted by molar-refractivity contribution is -0.129. The molecular formula is C33H33N5O4. The van der Waals surface area contributed by atoms with Gasteiger partial charge in [0, 0.05) is 61.8 Å². The molecule has 42 heavy (non-hydrogen) atoms. The number of likely N-dealkylation sites (tertiary alicyclic amines) is 1. The molecule has 1 saturated heterocycles. The minimum atomic E-state index is -0.819. The molecule has 9 nitrogen and oxygen atoms in total. The van der Waals surface area contributed by atoms with Gasteiger partial charge in [0.25, 0.3) is 5.91 Å². The highest BCUT2D eigenvalue weighted by molar-refractivity contribution is 6.10. The number of fused-ring (bicyclic) bond motifs is 3. The van der Waals surface area contributed by atoms with Crippen molar-refractivity contribution in [2.45, 2.75) is 38.3 Å². The van der Waals surface area contributed by atoms with Gasteiger partial charge < -0.3 is 19.4 Å². The number of para-hydroxylation sites is 1. The molecular weight excluding hydrogens is 530 g/mol. The van der Waals surface area contributed by atoms with Gasteiger partial charge in [0.2, 0.25) is 5.91 Å². The van der Waals surface area contributed by atoms with Crippen molar-refractivity contribution in [1.82, 2.24) is 19.8 Å². The summed E-state index contributed by atoms with van der Waals surface area (Å²) in [4.78, 5) is 53.5. The van der Waals surface area contributed by atoms with Crippen LogP contribution in [0.25, 0.3) is 21.9 Å². The summed E-state index contributed by atoms with van der Waals surface area (Å²) < 4.78 is 5.55. The Morgan fingerprint density at radius 2 is 1.67 bits per heavy atom. The van der Waals surface area contributed by atoms with Crippen LogP contribution >= 0.6 is 0 Å². The summed E-state index contributed by atoms with van der Waals surface area (Å²) in [6.45, 7) is 6.25. The molecule has 2 aliphatic heterocycles. The van der Waals surface area contributed by atoms with E-state index >= 15 is 0 Å². The summed E-state index contributed by atoms with van der Waals surface area (Å²) in [6.07, 6.45) is 3.09. The Kier molecular flexibility index (Phi) is 6.48. The molecule has 0 N–H and O–H groups in total. The van der Waals surface area contributed by atoms with Crippen molar-refractivity contribution < 1.29 is 19.1 Å². The van der Waals surface area contributed by atoms with Crippen LogP contribution in [0.1, 0.15) is 42.5 Å². The number of ether oxygens (including phenoxy) is 1. The minimum Gasteiger partial charge on any atom is -0.444 e. The first kappa shape index (κ1) is 27.4. The Bertz CT molecular complexity index is 1720. The van der Waals surface area contributed by atoms with Crippen LogP contribution in [0.3, 0.4) is 0 Å². The molecule has 0 aliphatic carbocycles. The number of hydrogen-bond donors (Lipinski definition) is 0. The second-order valence-electron chi connectivity index (χ2n) is 12.1. The monoisotopic (exact) mass is 563 g/mol. The summed E-state index contributed by atoms with van der Waals surface area (Å²) in [5, 5.41) is 1.94.